The Labute approximate surface area is 191 Å². The summed E-state index contributed by atoms with van der Waals surface area (Å²) in [6.07, 6.45) is 25.5. The zero-order valence-corrected chi connectivity index (χ0v) is 20.2. The van der Waals surface area contributed by atoms with E-state index in [9.17, 15) is 15.0 Å². The predicted octanol–water partition coefficient (Wildman–Crippen LogP) is 7.01. The van der Waals surface area contributed by atoms with Gasteiger partial charge in [0.15, 0.2) is 0 Å². The highest BCUT2D eigenvalue weighted by atomic mass is 16.5. The van der Waals surface area contributed by atoms with Gasteiger partial charge in [-0.15, -0.1) is 0 Å². The van der Waals surface area contributed by atoms with Crippen LogP contribution < -0.4 is 0 Å². The van der Waals surface area contributed by atoms with Gasteiger partial charge in [0.1, 0.15) is 6.10 Å². The maximum atomic E-state index is 11.2. The fourth-order valence-electron chi connectivity index (χ4n) is 4.44. The molecule has 0 saturated heterocycles. The zero-order valence-electron chi connectivity index (χ0n) is 20.2. The topological polar surface area (TPSA) is 66.8 Å². The van der Waals surface area contributed by atoms with Crippen molar-refractivity contribution in [2.24, 2.45) is 0 Å². The minimum atomic E-state index is -0.428. The third-order valence-corrected chi connectivity index (χ3v) is 6.44. The molecule has 4 heteroatoms. The molecule has 0 fully saturated rings. The molecule has 0 aliphatic carbocycles. The van der Waals surface area contributed by atoms with E-state index in [1.807, 2.05) is 6.08 Å². The van der Waals surface area contributed by atoms with Crippen molar-refractivity contribution in [3.63, 3.8) is 0 Å². The summed E-state index contributed by atoms with van der Waals surface area (Å²) in [5.74, 6) is -0.306. The fraction of sp³-hybridized carbons (Fsp3) is 0.889. The van der Waals surface area contributed by atoms with E-state index in [0.717, 1.165) is 32.1 Å². The lowest BCUT2D eigenvalue weighted by Gasteiger charge is -2.21. The van der Waals surface area contributed by atoms with E-state index in [2.05, 4.69) is 6.92 Å². The molecule has 0 aromatic carbocycles. The van der Waals surface area contributed by atoms with Gasteiger partial charge < -0.3 is 14.9 Å². The molecular formula is C27H50O4. The third-order valence-electron chi connectivity index (χ3n) is 6.44. The Morgan fingerprint density at radius 1 is 0.774 bits per heavy atom. The standard InChI is InChI=1S/C27H50O4/c1-2-3-4-5-6-7-8-9-10-11-12-13-14-18-24(28)19-15-16-20-25(29)23-26-21-17-22-27(30)31-26/h17,22,24-26,28-29H,2-16,18-21,23H2,1H3/t24-,25-,26+/m0/s1. The van der Waals surface area contributed by atoms with Crippen LogP contribution in [0.3, 0.4) is 0 Å². The number of aliphatic hydroxyl groups excluding tert-OH is 2. The van der Waals surface area contributed by atoms with E-state index < -0.39 is 6.10 Å². The highest BCUT2D eigenvalue weighted by Gasteiger charge is 2.19. The Bertz CT molecular complexity index is 449. The monoisotopic (exact) mass is 438 g/mol. The number of esters is 1. The SMILES string of the molecule is CCCCCCCCCCCCCCC[C@H](O)CCCC[C@H](O)C[C@H]1CC=CC(=O)O1. The van der Waals surface area contributed by atoms with Gasteiger partial charge in [0.2, 0.25) is 0 Å². The molecule has 1 rings (SSSR count). The van der Waals surface area contributed by atoms with Crippen molar-refractivity contribution in [3.8, 4) is 0 Å². The molecule has 1 heterocycles. The van der Waals surface area contributed by atoms with Gasteiger partial charge in [-0.05, 0) is 19.3 Å². The minimum Gasteiger partial charge on any atom is -0.459 e. The predicted molar refractivity (Wildman–Crippen MR) is 129 cm³/mol. The van der Waals surface area contributed by atoms with Crippen LogP contribution in [0.4, 0.5) is 0 Å². The number of hydrogen-bond acceptors (Lipinski definition) is 4. The average Bonchev–Trinajstić information content (AvgIpc) is 2.74. The Morgan fingerprint density at radius 3 is 1.74 bits per heavy atom. The van der Waals surface area contributed by atoms with Crippen molar-refractivity contribution in [1.29, 1.82) is 0 Å². The van der Waals surface area contributed by atoms with Gasteiger partial charge in [0.25, 0.3) is 0 Å². The molecule has 4 nitrogen and oxygen atoms in total. The first kappa shape index (κ1) is 28.2. The number of hydrogen-bond donors (Lipinski definition) is 2. The quantitative estimate of drug-likeness (QED) is 0.149. The van der Waals surface area contributed by atoms with Gasteiger partial charge >= 0.3 is 5.97 Å². The van der Waals surface area contributed by atoms with Gasteiger partial charge in [0, 0.05) is 18.9 Å². The van der Waals surface area contributed by atoms with E-state index in [4.69, 9.17) is 4.74 Å². The van der Waals surface area contributed by atoms with Crippen LogP contribution in [0.2, 0.25) is 0 Å². The van der Waals surface area contributed by atoms with Gasteiger partial charge in [-0.1, -0.05) is 109 Å². The number of aliphatic hydroxyl groups is 2. The van der Waals surface area contributed by atoms with E-state index in [-0.39, 0.29) is 18.2 Å². The van der Waals surface area contributed by atoms with Crippen molar-refractivity contribution >= 4 is 5.97 Å². The number of carbonyl (C=O) groups is 1. The highest BCUT2D eigenvalue weighted by molar-refractivity contribution is 5.82. The maximum Gasteiger partial charge on any atom is 0.330 e. The summed E-state index contributed by atoms with van der Waals surface area (Å²) >= 11 is 0. The molecule has 31 heavy (non-hydrogen) atoms. The lowest BCUT2D eigenvalue weighted by Crippen LogP contribution is -2.25. The summed E-state index contributed by atoms with van der Waals surface area (Å²) in [5, 5.41) is 20.3. The van der Waals surface area contributed by atoms with Crippen molar-refractivity contribution in [2.45, 2.75) is 154 Å². The number of ether oxygens (including phenoxy) is 1. The van der Waals surface area contributed by atoms with Crippen LogP contribution in [-0.2, 0) is 9.53 Å². The largest absolute Gasteiger partial charge is 0.459 e. The zero-order chi connectivity index (χ0) is 22.6. The van der Waals surface area contributed by atoms with Crippen LogP contribution >= 0.6 is 0 Å². The lowest BCUT2D eigenvalue weighted by molar-refractivity contribution is -0.145. The van der Waals surface area contributed by atoms with Crippen LogP contribution in [0, 0.1) is 0 Å². The van der Waals surface area contributed by atoms with Crippen LogP contribution in [0.5, 0.6) is 0 Å². The minimum absolute atomic E-state index is 0.186. The second-order valence-electron chi connectivity index (χ2n) is 9.56. The molecule has 0 spiro atoms. The van der Waals surface area contributed by atoms with E-state index >= 15 is 0 Å². The van der Waals surface area contributed by atoms with E-state index in [1.165, 1.54) is 83.1 Å². The normalized spacial score (nSPS) is 18.2. The summed E-state index contributed by atoms with van der Waals surface area (Å²) in [5.41, 5.74) is 0. The number of unbranched alkanes of at least 4 members (excludes halogenated alkanes) is 13. The van der Waals surface area contributed by atoms with Crippen LogP contribution in [-0.4, -0.2) is 34.5 Å². The molecule has 0 bridgehead atoms. The Balaban J connectivity index is 1.82. The second-order valence-corrected chi connectivity index (χ2v) is 9.56. The van der Waals surface area contributed by atoms with Crippen molar-refractivity contribution in [2.75, 3.05) is 0 Å². The molecule has 0 amide bonds. The number of cyclic esters (lactones) is 1. The maximum absolute atomic E-state index is 11.2. The summed E-state index contributed by atoms with van der Waals surface area (Å²) in [6.45, 7) is 2.27. The molecule has 1 aliphatic rings. The van der Waals surface area contributed by atoms with Gasteiger partial charge in [-0.3, -0.25) is 0 Å². The Morgan fingerprint density at radius 2 is 1.23 bits per heavy atom. The summed E-state index contributed by atoms with van der Waals surface area (Å²) in [7, 11) is 0. The molecule has 0 unspecified atom stereocenters. The first-order valence-electron chi connectivity index (χ1n) is 13.3. The van der Waals surface area contributed by atoms with Crippen LogP contribution in [0.1, 0.15) is 135 Å². The molecule has 0 saturated carbocycles. The summed E-state index contributed by atoms with van der Waals surface area (Å²) in [4.78, 5) is 11.2. The average molecular weight is 439 g/mol. The lowest BCUT2D eigenvalue weighted by atomic mass is 9.99. The summed E-state index contributed by atoms with van der Waals surface area (Å²) in [6, 6.07) is 0. The van der Waals surface area contributed by atoms with Gasteiger partial charge in [-0.25, -0.2) is 4.79 Å². The smallest absolute Gasteiger partial charge is 0.330 e. The van der Waals surface area contributed by atoms with Crippen molar-refractivity contribution in [3.05, 3.63) is 12.2 Å². The third kappa shape index (κ3) is 17.4. The second kappa shape index (κ2) is 19.8. The molecule has 3 atom stereocenters. The Hall–Kier alpha value is -0.870. The molecule has 182 valence electrons. The molecule has 1 aliphatic heterocycles. The molecule has 2 N–H and O–H groups in total. The number of carbonyl (C=O) groups excluding carboxylic acids is 1. The highest BCUT2D eigenvalue weighted by Crippen LogP contribution is 2.18. The summed E-state index contributed by atoms with van der Waals surface area (Å²) < 4.78 is 5.19. The van der Waals surface area contributed by atoms with E-state index in [0.29, 0.717) is 19.3 Å². The van der Waals surface area contributed by atoms with E-state index in [1.54, 1.807) is 0 Å². The van der Waals surface area contributed by atoms with Crippen molar-refractivity contribution in [1.82, 2.24) is 0 Å². The molecule has 0 radical (unpaired) electrons. The van der Waals surface area contributed by atoms with Crippen LogP contribution in [0.15, 0.2) is 12.2 Å². The Kier molecular flexibility index (Phi) is 18.0. The molecular weight excluding hydrogens is 388 g/mol. The first-order chi connectivity index (χ1) is 15.1. The number of rotatable bonds is 21. The van der Waals surface area contributed by atoms with Crippen LogP contribution in [0.25, 0.3) is 0 Å². The van der Waals surface area contributed by atoms with Gasteiger partial charge in [0.05, 0.1) is 12.2 Å². The van der Waals surface area contributed by atoms with Gasteiger partial charge in [-0.2, -0.15) is 0 Å². The molecule has 0 aromatic heterocycles. The molecule has 0 aromatic rings. The fourth-order valence-corrected chi connectivity index (χ4v) is 4.44. The first-order valence-corrected chi connectivity index (χ1v) is 13.3. The van der Waals surface area contributed by atoms with Crippen molar-refractivity contribution < 1.29 is 19.7 Å².